The van der Waals surface area contributed by atoms with Crippen molar-refractivity contribution in [3.05, 3.63) is 0 Å². The molecule has 0 saturated carbocycles. The van der Waals surface area contributed by atoms with E-state index in [1.807, 2.05) is 13.8 Å². The molecule has 1 aliphatic heterocycles. The molecule has 1 fully saturated rings. The van der Waals surface area contributed by atoms with Crippen molar-refractivity contribution in [3.63, 3.8) is 0 Å². The van der Waals surface area contributed by atoms with Gasteiger partial charge in [0.05, 0.1) is 12.7 Å². The third kappa shape index (κ3) is 5.93. The number of methoxy groups -OCH3 is 1. The molecule has 0 radical (unpaired) electrons. The minimum atomic E-state index is -0.591. The van der Waals surface area contributed by atoms with Crippen molar-refractivity contribution in [3.8, 4) is 0 Å². The van der Waals surface area contributed by atoms with Crippen molar-refractivity contribution >= 4 is 5.97 Å². The van der Waals surface area contributed by atoms with E-state index >= 15 is 0 Å². The number of carbonyl (C=O) groups excluding carboxylic acids is 1. The minimum absolute atomic E-state index is 0.140. The molecule has 21 heavy (non-hydrogen) atoms. The maximum Gasteiger partial charge on any atom is 0.326 e. The molecule has 124 valence electrons. The molecule has 0 amide bonds. The summed E-state index contributed by atoms with van der Waals surface area (Å²) in [6.45, 7) is 10.1. The van der Waals surface area contributed by atoms with Crippen molar-refractivity contribution < 1.29 is 14.3 Å². The molecule has 0 bridgehead atoms. The number of likely N-dealkylation sites (tertiary alicyclic amines) is 1. The van der Waals surface area contributed by atoms with E-state index < -0.39 is 5.54 Å². The highest BCUT2D eigenvalue weighted by Crippen LogP contribution is 2.17. The van der Waals surface area contributed by atoms with E-state index in [-0.39, 0.29) is 5.97 Å². The minimum Gasteiger partial charge on any atom is -0.465 e. The van der Waals surface area contributed by atoms with Crippen molar-refractivity contribution in [2.24, 2.45) is 0 Å². The van der Waals surface area contributed by atoms with Gasteiger partial charge in [-0.25, -0.2) is 0 Å². The molecule has 1 rings (SSSR count). The molecule has 5 heteroatoms. The van der Waals surface area contributed by atoms with Crippen LogP contribution in [0.15, 0.2) is 0 Å². The van der Waals surface area contributed by atoms with Gasteiger partial charge in [-0.05, 0) is 52.6 Å². The molecule has 1 aliphatic rings. The normalized spacial score (nSPS) is 22.8. The number of ether oxygens (including phenoxy) is 2. The third-order valence-corrected chi connectivity index (χ3v) is 4.21. The number of nitrogens with one attached hydrogen (secondary N) is 1. The number of esters is 1. The Morgan fingerprint density at radius 2 is 2.19 bits per heavy atom. The van der Waals surface area contributed by atoms with Crippen LogP contribution in [-0.2, 0) is 14.3 Å². The highest BCUT2D eigenvalue weighted by molar-refractivity contribution is 5.80. The molecule has 2 unspecified atom stereocenters. The Morgan fingerprint density at radius 3 is 2.81 bits per heavy atom. The largest absolute Gasteiger partial charge is 0.465 e. The van der Waals surface area contributed by atoms with Crippen LogP contribution in [0, 0.1) is 0 Å². The average molecular weight is 300 g/mol. The van der Waals surface area contributed by atoms with Gasteiger partial charge in [-0.15, -0.1) is 0 Å². The molecule has 0 aromatic heterocycles. The fraction of sp³-hybridized carbons (Fsp3) is 0.938. The summed E-state index contributed by atoms with van der Waals surface area (Å²) in [6, 6.07) is 0. The molecule has 0 spiro atoms. The topological polar surface area (TPSA) is 50.8 Å². The maximum absolute atomic E-state index is 12.2. The number of rotatable bonds is 9. The van der Waals surface area contributed by atoms with E-state index in [2.05, 4.69) is 17.1 Å². The number of carbonyl (C=O) groups is 1. The number of nitrogens with zero attached hydrogens (tertiary/aromatic N) is 1. The quantitative estimate of drug-likeness (QED) is 0.658. The first kappa shape index (κ1) is 18.4. The summed E-state index contributed by atoms with van der Waals surface area (Å²) in [4.78, 5) is 14.6. The molecular weight excluding hydrogens is 268 g/mol. The number of piperidine rings is 1. The van der Waals surface area contributed by atoms with E-state index in [4.69, 9.17) is 9.47 Å². The summed E-state index contributed by atoms with van der Waals surface area (Å²) < 4.78 is 10.7. The summed E-state index contributed by atoms with van der Waals surface area (Å²) in [6.07, 6.45) is 4.40. The molecule has 0 aromatic rings. The van der Waals surface area contributed by atoms with Crippen molar-refractivity contribution in [1.82, 2.24) is 10.2 Å². The second-order valence-electron chi connectivity index (χ2n) is 6.03. The highest BCUT2D eigenvalue weighted by Gasteiger charge is 2.34. The Labute approximate surface area is 129 Å². The van der Waals surface area contributed by atoms with Crippen LogP contribution in [0.5, 0.6) is 0 Å². The Hall–Kier alpha value is -0.650. The molecule has 0 aromatic carbocycles. The fourth-order valence-electron chi connectivity index (χ4n) is 2.74. The Kier molecular flexibility index (Phi) is 8.22. The van der Waals surface area contributed by atoms with Crippen LogP contribution >= 0.6 is 0 Å². The first-order valence-electron chi connectivity index (χ1n) is 8.23. The molecule has 1 N–H and O–H groups in total. The second-order valence-corrected chi connectivity index (χ2v) is 6.03. The van der Waals surface area contributed by atoms with Gasteiger partial charge in [-0.1, -0.05) is 6.92 Å². The standard InChI is InChI=1S/C16H32N2O3/c1-5-10-17-16(3,15(19)21-6-2)9-12-18-11-7-8-14(13-18)20-4/h14,17H,5-13H2,1-4H3. The van der Waals surface area contributed by atoms with Gasteiger partial charge in [0, 0.05) is 20.2 Å². The summed E-state index contributed by atoms with van der Waals surface area (Å²) in [7, 11) is 1.78. The lowest BCUT2D eigenvalue weighted by atomic mass is 9.96. The molecule has 2 atom stereocenters. The summed E-state index contributed by atoms with van der Waals surface area (Å²) >= 11 is 0. The first-order chi connectivity index (χ1) is 10.1. The zero-order valence-electron chi connectivity index (χ0n) is 14.1. The van der Waals surface area contributed by atoms with Crippen LogP contribution < -0.4 is 5.32 Å². The lowest BCUT2D eigenvalue weighted by Crippen LogP contribution is -2.53. The Morgan fingerprint density at radius 1 is 1.43 bits per heavy atom. The highest BCUT2D eigenvalue weighted by atomic mass is 16.5. The average Bonchev–Trinajstić information content (AvgIpc) is 2.51. The van der Waals surface area contributed by atoms with Crippen molar-refractivity contribution in [2.45, 2.75) is 58.1 Å². The molecule has 0 aliphatic carbocycles. The third-order valence-electron chi connectivity index (χ3n) is 4.21. The molecular formula is C16H32N2O3. The van der Waals surface area contributed by atoms with Crippen molar-refractivity contribution in [1.29, 1.82) is 0 Å². The second kappa shape index (κ2) is 9.38. The number of hydrogen-bond donors (Lipinski definition) is 1. The zero-order valence-corrected chi connectivity index (χ0v) is 14.1. The van der Waals surface area contributed by atoms with Gasteiger partial charge in [0.1, 0.15) is 5.54 Å². The lowest BCUT2D eigenvalue weighted by Gasteiger charge is -2.35. The van der Waals surface area contributed by atoms with Gasteiger partial charge >= 0.3 is 5.97 Å². The van der Waals surface area contributed by atoms with Gasteiger partial charge in [-0.3, -0.25) is 4.79 Å². The lowest BCUT2D eigenvalue weighted by molar-refractivity contribution is -0.151. The van der Waals surface area contributed by atoms with Crippen LogP contribution in [-0.4, -0.2) is 62.4 Å². The molecule has 1 saturated heterocycles. The van der Waals surface area contributed by atoms with Crippen molar-refractivity contribution in [2.75, 3.05) is 39.9 Å². The molecule has 1 heterocycles. The molecule has 5 nitrogen and oxygen atoms in total. The Balaban J connectivity index is 2.53. The van der Waals surface area contributed by atoms with Crippen LogP contribution in [0.1, 0.15) is 46.5 Å². The predicted molar refractivity (Wildman–Crippen MR) is 84.4 cm³/mol. The van der Waals surface area contributed by atoms with Gasteiger partial charge in [-0.2, -0.15) is 0 Å². The van der Waals surface area contributed by atoms with E-state index in [9.17, 15) is 4.79 Å². The Bertz CT molecular complexity index is 312. The van der Waals surface area contributed by atoms with Crippen LogP contribution in [0.25, 0.3) is 0 Å². The zero-order chi connectivity index (χ0) is 15.7. The van der Waals surface area contributed by atoms with E-state index in [1.165, 1.54) is 0 Å². The fourth-order valence-corrected chi connectivity index (χ4v) is 2.74. The van der Waals surface area contributed by atoms with E-state index in [0.717, 1.165) is 51.9 Å². The van der Waals surface area contributed by atoms with Gasteiger partial charge < -0.3 is 19.7 Å². The first-order valence-corrected chi connectivity index (χ1v) is 8.23. The summed E-state index contributed by atoms with van der Waals surface area (Å²) in [5.74, 6) is -0.140. The predicted octanol–water partition coefficient (Wildman–Crippen LogP) is 1.81. The smallest absolute Gasteiger partial charge is 0.326 e. The summed E-state index contributed by atoms with van der Waals surface area (Å²) in [5, 5.41) is 3.36. The number of hydrogen-bond acceptors (Lipinski definition) is 5. The van der Waals surface area contributed by atoms with Crippen LogP contribution in [0.2, 0.25) is 0 Å². The monoisotopic (exact) mass is 300 g/mol. The van der Waals surface area contributed by atoms with E-state index in [0.29, 0.717) is 12.7 Å². The van der Waals surface area contributed by atoms with Crippen LogP contribution in [0.3, 0.4) is 0 Å². The van der Waals surface area contributed by atoms with Crippen LogP contribution in [0.4, 0.5) is 0 Å². The van der Waals surface area contributed by atoms with E-state index in [1.54, 1.807) is 7.11 Å². The SMILES string of the molecule is CCCNC(C)(CCN1CCCC(OC)C1)C(=O)OCC. The van der Waals surface area contributed by atoms with Gasteiger partial charge in [0.15, 0.2) is 0 Å². The summed E-state index contributed by atoms with van der Waals surface area (Å²) in [5.41, 5.74) is -0.591. The van der Waals surface area contributed by atoms with Gasteiger partial charge in [0.2, 0.25) is 0 Å². The van der Waals surface area contributed by atoms with Gasteiger partial charge in [0.25, 0.3) is 0 Å². The maximum atomic E-state index is 12.2.